The summed E-state index contributed by atoms with van der Waals surface area (Å²) in [4.78, 5) is 79.9. The van der Waals surface area contributed by atoms with Gasteiger partial charge in [0.15, 0.2) is 0 Å². The summed E-state index contributed by atoms with van der Waals surface area (Å²) in [5, 5.41) is 168. The highest BCUT2D eigenvalue weighted by Crippen LogP contribution is 2.44. The molecule has 0 fully saturated rings. The number of nitro groups is 7. The van der Waals surface area contributed by atoms with Crippen LogP contribution in [0.15, 0.2) is 84.9 Å². The van der Waals surface area contributed by atoms with E-state index in [2.05, 4.69) is 0 Å². The third kappa shape index (κ3) is 10.4. The number of aromatic hydroxyl groups is 7. The summed E-state index contributed by atoms with van der Waals surface area (Å²) < 4.78 is 0. The highest BCUT2D eigenvalue weighted by Gasteiger charge is 2.29. The van der Waals surface area contributed by atoms with E-state index in [1.54, 1.807) is 0 Å². The average Bonchev–Trinajstić information content (AvgIpc) is 3.39. The molecule has 0 spiro atoms. The standard InChI is InChI=1S/C49H35N7O21/c57-43-22-1-23-9-37(51(66)67)11-25(44(23)58)3-27-13-39(53(70)71)15-29(46(27)60)5-31-17-41(55(74)75)19-33(48(31)62)7-35-21-42(56(76)77)20-34(49(35)63)6-32-18-40(54(72)73)16-30(47(32)61)4-28-14-38(52(68)69)12-26(45(28)59)2-24(43)10-36(8-22)50(64)65/h8-21,57-63H,1-7H2. The van der Waals surface area contributed by atoms with Gasteiger partial charge in [0, 0.05) is 208 Å². The summed E-state index contributed by atoms with van der Waals surface area (Å²) in [7, 11) is 0. The van der Waals surface area contributed by atoms with E-state index in [0.29, 0.717) is 0 Å². The number of phenolic OH excluding ortho intramolecular Hbond substituents is 7. The van der Waals surface area contributed by atoms with Crippen LogP contribution < -0.4 is 0 Å². The molecule has 7 aromatic carbocycles. The molecule has 77 heavy (non-hydrogen) atoms. The molecule has 1 aliphatic rings. The molecule has 14 bridgehead atoms. The van der Waals surface area contributed by atoms with Gasteiger partial charge in [-0.1, -0.05) is 0 Å². The zero-order valence-corrected chi connectivity index (χ0v) is 39.0. The molecule has 0 radical (unpaired) electrons. The van der Waals surface area contributed by atoms with Crippen molar-refractivity contribution in [1.29, 1.82) is 0 Å². The molecule has 0 heterocycles. The van der Waals surface area contributed by atoms with Crippen molar-refractivity contribution >= 4 is 39.8 Å². The third-order valence-corrected chi connectivity index (χ3v) is 12.9. The summed E-state index contributed by atoms with van der Waals surface area (Å²) in [6.45, 7) is 0. The first-order valence-corrected chi connectivity index (χ1v) is 22.2. The van der Waals surface area contributed by atoms with Crippen LogP contribution in [-0.2, 0) is 44.9 Å². The number of phenols is 7. The van der Waals surface area contributed by atoms with Gasteiger partial charge in [0.05, 0.1) is 34.5 Å². The second-order valence-electron chi connectivity index (χ2n) is 17.8. The Morgan fingerprint density at radius 1 is 0.208 bits per heavy atom. The van der Waals surface area contributed by atoms with Crippen LogP contribution in [0.5, 0.6) is 40.2 Å². The summed E-state index contributed by atoms with van der Waals surface area (Å²) in [6, 6.07) is 11.8. The van der Waals surface area contributed by atoms with Gasteiger partial charge in [-0.3, -0.25) is 70.8 Å². The van der Waals surface area contributed by atoms with Crippen molar-refractivity contribution in [2.24, 2.45) is 0 Å². The molecule has 0 unspecified atom stereocenters. The van der Waals surface area contributed by atoms with Gasteiger partial charge in [0.2, 0.25) is 0 Å². The molecular weight excluding hydrogens is 1020 g/mol. The van der Waals surface area contributed by atoms with Crippen LogP contribution in [0.25, 0.3) is 0 Å². The zero-order chi connectivity index (χ0) is 56.1. The highest BCUT2D eigenvalue weighted by atomic mass is 16.6. The highest BCUT2D eigenvalue weighted by molar-refractivity contribution is 5.64. The molecule has 0 amide bonds. The Bertz CT molecular complexity index is 2940. The molecule has 0 aliphatic heterocycles. The fourth-order valence-corrected chi connectivity index (χ4v) is 9.25. The van der Waals surface area contributed by atoms with Crippen LogP contribution in [0.3, 0.4) is 0 Å². The van der Waals surface area contributed by atoms with Crippen molar-refractivity contribution in [3.63, 3.8) is 0 Å². The first-order valence-electron chi connectivity index (χ1n) is 22.2. The van der Waals surface area contributed by atoms with E-state index in [1.807, 2.05) is 0 Å². The van der Waals surface area contributed by atoms with Crippen LogP contribution in [-0.4, -0.2) is 70.2 Å². The molecule has 28 heteroatoms. The van der Waals surface area contributed by atoms with Crippen LogP contribution >= 0.6 is 0 Å². The lowest BCUT2D eigenvalue weighted by molar-refractivity contribution is -0.385. The van der Waals surface area contributed by atoms with Crippen molar-refractivity contribution in [1.82, 2.24) is 0 Å². The molecule has 1 aliphatic carbocycles. The van der Waals surface area contributed by atoms with Crippen LogP contribution in [0.1, 0.15) is 77.9 Å². The molecule has 7 N–H and O–H groups in total. The van der Waals surface area contributed by atoms with Crippen molar-refractivity contribution in [2.45, 2.75) is 44.9 Å². The number of rotatable bonds is 7. The molecule has 0 atom stereocenters. The van der Waals surface area contributed by atoms with Gasteiger partial charge in [-0.15, -0.1) is 0 Å². The maximum Gasteiger partial charge on any atom is 0.270 e. The number of fused-ring (bicyclic) bond motifs is 14. The van der Waals surface area contributed by atoms with E-state index in [1.165, 1.54) is 0 Å². The quantitative estimate of drug-likeness (QED) is 0.0581. The summed E-state index contributed by atoms with van der Waals surface area (Å²) in [5.41, 5.74) is -10.3. The van der Waals surface area contributed by atoms with E-state index < -0.39 is 159 Å². The smallest absolute Gasteiger partial charge is 0.270 e. The molecular formula is C49H35N7O21. The van der Waals surface area contributed by atoms with E-state index in [9.17, 15) is 107 Å². The largest absolute Gasteiger partial charge is 0.507 e. The minimum absolute atomic E-state index is 0.373. The first kappa shape index (κ1) is 52.3. The average molecular weight is 1060 g/mol. The monoisotopic (exact) mass is 1060 g/mol. The number of non-ortho nitro benzene ring substituents is 7. The molecule has 28 nitrogen and oxygen atoms in total. The Balaban J connectivity index is 1.41. The maximum absolute atomic E-state index is 12.3. The molecule has 7 aromatic rings. The number of nitrogens with zero attached hydrogens (tertiary/aromatic N) is 7. The van der Waals surface area contributed by atoms with Crippen LogP contribution in [0, 0.1) is 70.8 Å². The lowest BCUT2D eigenvalue weighted by Crippen LogP contribution is -2.04. The number of hydrogen-bond acceptors (Lipinski definition) is 21. The summed E-state index contributed by atoms with van der Waals surface area (Å²) >= 11 is 0. The van der Waals surface area contributed by atoms with Gasteiger partial charge in [0.1, 0.15) is 40.2 Å². The zero-order valence-electron chi connectivity index (χ0n) is 39.0. The molecule has 0 saturated heterocycles. The summed E-state index contributed by atoms with van der Waals surface area (Å²) in [6.07, 6.45) is -5.08. The van der Waals surface area contributed by atoms with Crippen molar-refractivity contribution < 1.29 is 70.2 Å². The number of hydrogen-bond donors (Lipinski definition) is 7. The number of benzene rings is 7. The Kier molecular flexibility index (Phi) is 13.6. The lowest BCUT2D eigenvalue weighted by atomic mass is 9.90. The van der Waals surface area contributed by atoms with E-state index >= 15 is 0 Å². The molecule has 392 valence electrons. The predicted molar refractivity (Wildman–Crippen MR) is 263 cm³/mol. The van der Waals surface area contributed by atoms with Gasteiger partial charge < -0.3 is 35.7 Å². The van der Waals surface area contributed by atoms with E-state index in [0.717, 1.165) is 84.9 Å². The fraction of sp³-hybridized carbons (Fsp3) is 0.143. The first-order chi connectivity index (χ1) is 36.3. The predicted octanol–water partition coefficient (Wildman–Crippen LogP) is 8.43. The van der Waals surface area contributed by atoms with Gasteiger partial charge in [-0.05, 0) is 0 Å². The van der Waals surface area contributed by atoms with Crippen molar-refractivity contribution in [3.8, 4) is 40.2 Å². The summed E-state index contributed by atoms with van der Waals surface area (Å²) in [5.74, 6) is -5.41. The van der Waals surface area contributed by atoms with E-state index in [4.69, 9.17) is 0 Å². The van der Waals surface area contributed by atoms with Gasteiger partial charge in [-0.2, -0.15) is 0 Å². The Morgan fingerprint density at radius 3 is 0.351 bits per heavy atom. The SMILES string of the molecule is O=[N+]([O-])c1cc2c(O)c(c1)Cc1cc([N+](=O)[O-])cc(c1O)Cc1cc([N+](=O)[O-])cc(c1O)Cc1cc([N+](=O)[O-])cc(c1O)Cc1cc([N+](=O)[O-])cc(c1O)Cc1cc([N+](=O)[O-])cc(c1O)Cc1cc([N+](=O)[O-])cc(c1O)C2. The Morgan fingerprint density at radius 2 is 0.286 bits per heavy atom. The minimum atomic E-state index is -0.902. The van der Waals surface area contributed by atoms with Gasteiger partial charge >= 0.3 is 0 Å². The van der Waals surface area contributed by atoms with Gasteiger partial charge in [0.25, 0.3) is 39.8 Å². The Hall–Kier alpha value is -11.1. The molecule has 8 rings (SSSR count). The van der Waals surface area contributed by atoms with E-state index in [-0.39, 0.29) is 77.9 Å². The topological polar surface area (TPSA) is 444 Å². The second kappa shape index (κ2) is 20.1. The maximum atomic E-state index is 12.3. The number of nitro benzene ring substituents is 7. The van der Waals surface area contributed by atoms with Crippen LogP contribution in [0.2, 0.25) is 0 Å². The van der Waals surface area contributed by atoms with Gasteiger partial charge in [-0.25, -0.2) is 0 Å². The third-order valence-electron chi connectivity index (χ3n) is 12.9. The lowest BCUT2D eigenvalue weighted by Gasteiger charge is -2.17. The van der Waals surface area contributed by atoms with Crippen molar-refractivity contribution in [3.05, 3.63) is 234 Å². The Labute approximate surface area is 427 Å². The van der Waals surface area contributed by atoms with Crippen molar-refractivity contribution in [2.75, 3.05) is 0 Å². The second-order valence-corrected chi connectivity index (χ2v) is 17.8. The molecule has 0 aromatic heterocycles. The normalized spacial score (nSPS) is 12.4. The fourth-order valence-electron chi connectivity index (χ4n) is 9.25. The molecule has 0 saturated carbocycles. The minimum Gasteiger partial charge on any atom is -0.507 e. The van der Waals surface area contributed by atoms with Crippen LogP contribution in [0.4, 0.5) is 39.8 Å².